The van der Waals surface area contributed by atoms with Crippen molar-refractivity contribution in [3.05, 3.63) is 24.3 Å². The molecule has 0 aliphatic rings. The van der Waals surface area contributed by atoms with Crippen LogP contribution in [0, 0.1) is 0 Å². The standard InChI is InChI=1S/C10H17N3O/c1-9(3-4-14-2)13-7-10-5-11-8-12-6-10/h5-6,8-9,13H,3-4,7H2,1-2H3. The zero-order valence-corrected chi connectivity index (χ0v) is 8.73. The quantitative estimate of drug-likeness (QED) is 0.735. The van der Waals surface area contributed by atoms with E-state index < -0.39 is 0 Å². The summed E-state index contributed by atoms with van der Waals surface area (Å²) in [6.07, 6.45) is 6.20. The smallest absolute Gasteiger partial charge is 0.115 e. The van der Waals surface area contributed by atoms with E-state index >= 15 is 0 Å². The van der Waals surface area contributed by atoms with Crippen molar-refractivity contribution in [1.29, 1.82) is 0 Å². The normalized spacial score (nSPS) is 12.7. The van der Waals surface area contributed by atoms with E-state index in [9.17, 15) is 0 Å². The number of nitrogens with zero attached hydrogens (tertiary/aromatic N) is 2. The molecule has 0 radical (unpaired) electrons. The molecule has 0 aliphatic heterocycles. The fourth-order valence-corrected chi connectivity index (χ4v) is 1.11. The van der Waals surface area contributed by atoms with E-state index in [4.69, 9.17) is 4.74 Å². The lowest BCUT2D eigenvalue weighted by atomic mass is 10.2. The molecule has 1 N–H and O–H groups in total. The summed E-state index contributed by atoms with van der Waals surface area (Å²) in [7, 11) is 1.72. The van der Waals surface area contributed by atoms with Gasteiger partial charge in [-0.2, -0.15) is 0 Å². The monoisotopic (exact) mass is 195 g/mol. The summed E-state index contributed by atoms with van der Waals surface area (Å²) < 4.78 is 5.00. The van der Waals surface area contributed by atoms with Crippen molar-refractivity contribution in [3.8, 4) is 0 Å². The van der Waals surface area contributed by atoms with E-state index in [2.05, 4.69) is 22.2 Å². The van der Waals surface area contributed by atoms with Crippen LogP contribution in [0.2, 0.25) is 0 Å². The third kappa shape index (κ3) is 4.30. The Morgan fingerprint density at radius 1 is 1.43 bits per heavy atom. The molecular formula is C10H17N3O. The zero-order chi connectivity index (χ0) is 10.2. The Hall–Kier alpha value is -1.00. The molecule has 0 fully saturated rings. The van der Waals surface area contributed by atoms with Gasteiger partial charge in [0.2, 0.25) is 0 Å². The molecule has 14 heavy (non-hydrogen) atoms. The van der Waals surface area contributed by atoms with E-state index in [1.54, 1.807) is 7.11 Å². The first kappa shape index (κ1) is 11.1. The predicted molar refractivity (Wildman–Crippen MR) is 54.8 cm³/mol. The second kappa shape index (κ2) is 6.45. The molecule has 0 spiro atoms. The Labute approximate surface area is 84.7 Å². The van der Waals surface area contributed by atoms with Crippen LogP contribution >= 0.6 is 0 Å². The predicted octanol–water partition coefficient (Wildman–Crippen LogP) is 0.991. The van der Waals surface area contributed by atoms with Crippen LogP contribution in [0.5, 0.6) is 0 Å². The van der Waals surface area contributed by atoms with Gasteiger partial charge in [0, 0.05) is 44.3 Å². The van der Waals surface area contributed by atoms with Gasteiger partial charge in [-0.25, -0.2) is 9.97 Å². The number of hydrogen-bond acceptors (Lipinski definition) is 4. The van der Waals surface area contributed by atoms with Gasteiger partial charge in [0.1, 0.15) is 6.33 Å². The topological polar surface area (TPSA) is 47.0 Å². The summed E-state index contributed by atoms with van der Waals surface area (Å²) in [6.45, 7) is 3.74. The summed E-state index contributed by atoms with van der Waals surface area (Å²) in [4.78, 5) is 7.90. The molecule has 1 atom stereocenters. The minimum Gasteiger partial charge on any atom is -0.385 e. The lowest BCUT2D eigenvalue weighted by molar-refractivity contribution is 0.184. The summed E-state index contributed by atoms with van der Waals surface area (Å²) in [5, 5.41) is 3.37. The van der Waals surface area contributed by atoms with Crippen LogP contribution in [0.3, 0.4) is 0 Å². The van der Waals surface area contributed by atoms with E-state index in [1.807, 2.05) is 12.4 Å². The fourth-order valence-electron chi connectivity index (χ4n) is 1.11. The maximum atomic E-state index is 5.00. The highest BCUT2D eigenvalue weighted by Crippen LogP contribution is 1.96. The molecule has 0 aromatic carbocycles. The molecule has 0 saturated heterocycles. The summed E-state index contributed by atoms with van der Waals surface area (Å²) in [6, 6.07) is 0.454. The fraction of sp³-hybridized carbons (Fsp3) is 0.600. The third-order valence-electron chi connectivity index (χ3n) is 2.02. The van der Waals surface area contributed by atoms with Crippen LogP contribution in [-0.4, -0.2) is 29.7 Å². The number of ether oxygens (including phenoxy) is 1. The highest BCUT2D eigenvalue weighted by molar-refractivity contribution is 5.01. The van der Waals surface area contributed by atoms with Crippen LogP contribution in [0.1, 0.15) is 18.9 Å². The number of nitrogens with one attached hydrogen (secondary N) is 1. The Morgan fingerprint density at radius 3 is 2.79 bits per heavy atom. The van der Waals surface area contributed by atoms with Gasteiger partial charge >= 0.3 is 0 Å². The van der Waals surface area contributed by atoms with Crippen molar-refractivity contribution >= 4 is 0 Å². The molecule has 0 saturated carbocycles. The number of hydrogen-bond donors (Lipinski definition) is 1. The molecule has 4 nitrogen and oxygen atoms in total. The maximum Gasteiger partial charge on any atom is 0.115 e. The second-order valence-corrected chi connectivity index (χ2v) is 3.31. The van der Waals surface area contributed by atoms with Crippen molar-refractivity contribution < 1.29 is 4.74 Å². The van der Waals surface area contributed by atoms with Gasteiger partial charge in [-0.15, -0.1) is 0 Å². The van der Waals surface area contributed by atoms with E-state index in [-0.39, 0.29) is 0 Å². The average Bonchev–Trinajstić information content (AvgIpc) is 2.25. The Balaban J connectivity index is 2.20. The van der Waals surface area contributed by atoms with Gasteiger partial charge < -0.3 is 10.1 Å². The van der Waals surface area contributed by atoms with Crippen LogP contribution in [-0.2, 0) is 11.3 Å². The highest BCUT2D eigenvalue weighted by Gasteiger charge is 2.00. The lowest BCUT2D eigenvalue weighted by Gasteiger charge is -2.12. The van der Waals surface area contributed by atoms with Crippen molar-refractivity contribution in [2.75, 3.05) is 13.7 Å². The first-order valence-corrected chi connectivity index (χ1v) is 4.79. The molecule has 1 heterocycles. The minimum atomic E-state index is 0.454. The molecule has 1 rings (SSSR count). The van der Waals surface area contributed by atoms with E-state index in [1.165, 1.54) is 6.33 Å². The first-order valence-electron chi connectivity index (χ1n) is 4.79. The van der Waals surface area contributed by atoms with Crippen molar-refractivity contribution in [1.82, 2.24) is 15.3 Å². The second-order valence-electron chi connectivity index (χ2n) is 3.31. The molecule has 4 heteroatoms. The third-order valence-corrected chi connectivity index (χ3v) is 2.02. The van der Waals surface area contributed by atoms with E-state index in [0.717, 1.165) is 25.1 Å². The molecule has 0 bridgehead atoms. The molecular weight excluding hydrogens is 178 g/mol. The van der Waals surface area contributed by atoms with E-state index in [0.29, 0.717) is 6.04 Å². The van der Waals surface area contributed by atoms with Crippen LogP contribution in [0.15, 0.2) is 18.7 Å². The van der Waals surface area contributed by atoms with Crippen molar-refractivity contribution in [2.24, 2.45) is 0 Å². The number of aromatic nitrogens is 2. The summed E-state index contributed by atoms with van der Waals surface area (Å²) in [5.41, 5.74) is 1.11. The van der Waals surface area contributed by atoms with Gasteiger partial charge in [0.05, 0.1) is 0 Å². The number of methoxy groups -OCH3 is 1. The molecule has 1 aromatic rings. The zero-order valence-electron chi connectivity index (χ0n) is 8.73. The lowest BCUT2D eigenvalue weighted by Crippen LogP contribution is -2.26. The number of rotatable bonds is 6. The maximum absolute atomic E-state index is 5.00. The van der Waals surface area contributed by atoms with Crippen LogP contribution < -0.4 is 5.32 Å². The Morgan fingerprint density at radius 2 is 2.14 bits per heavy atom. The Kier molecular flexibility index (Phi) is 5.11. The van der Waals surface area contributed by atoms with Gasteiger partial charge in [0.25, 0.3) is 0 Å². The van der Waals surface area contributed by atoms with Gasteiger partial charge in [-0.3, -0.25) is 0 Å². The van der Waals surface area contributed by atoms with Crippen molar-refractivity contribution in [2.45, 2.75) is 25.9 Å². The summed E-state index contributed by atoms with van der Waals surface area (Å²) in [5.74, 6) is 0. The van der Waals surface area contributed by atoms with Gasteiger partial charge in [-0.05, 0) is 13.3 Å². The van der Waals surface area contributed by atoms with Crippen molar-refractivity contribution in [3.63, 3.8) is 0 Å². The largest absolute Gasteiger partial charge is 0.385 e. The average molecular weight is 195 g/mol. The molecule has 0 amide bonds. The first-order chi connectivity index (χ1) is 6.83. The molecule has 0 aliphatic carbocycles. The summed E-state index contributed by atoms with van der Waals surface area (Å²) >= 11 is 0. The van der Waals surface area contributed by atoms with Gasteiger partial charge in [-0.1, -0.05) is 0 Å². The molecule has 1 unspecified atom stereocenters. The molecule has 78 valence electrons. The Bertz CT molecular complexity index is 240. The highest BCUT2D eigenvalue weighted by atomic mass is 16.5. The van der Waals surface area contributed by atoms with Gasteiger partial charge in [0.15, 0.2) is 0 Å². The SMILES string of the molecule is COCCC(C)NCc1cncnc1. The van der Waals surface area contributed by atoms with Crippen LogP contribution in [0.25, 0.3) is 0 Å². The molecule has 1 aromatic heterocycles. The minimum absolute atomic E-state index is 0.454. The van der Waals surface area contributed by atoms with Crippen LogP contribution in [0.4, 0.5) is 0 Å².